The predicted molar refractivity (Wildman–Crippen MR) is 219 cm³/mol. The second-order valence-corrected chi connectivity index (χ2v) is 14.0. The molecule has 0 bridgehead atoms. The summed E-state index contributed by atoms with van der Waals surface area (Å²) in [6.45, 7) is 0. The Labute approximate surface area is 300 Å². The summed E-state index contributed by atoms with van der Waals surface area (Å²) in [5, 5.41) is 5.15. The molecule has 3 heteroatoms. The number of nitrogens with zero attached hydrogens (tertiary/aromatic N) is 2. The summed E-state index contributed by atoms with van der Waals surface area (Å²) in [7, 11) is 0. The first-order valence-electron chi connectivity index (χ1n) is 17.4. The number of rotatable bonds is 6. The zero-order chi connectivity index (χ0) is 33.7. The van der Waals surface area contributed by atoms with E-state index in [9.17, 15) is 0 Å². The van der Waals surface area contributed by atoms with Crippen molar-refractivity contribution >= 4 is 70.4 Å². The number of aromatic nitrogens is 1. The Bertz CT molecular complexity index is 2830. The fraction of sp³-hybridized carbons (Fsp3) is 0. The highest BCUT2D eigenvalue weighted by Crippen LogP contribution is 2.44. The molecule has 0 amide bonds. The van der Waals surface area contributed by atoms with Crippen LogP contribution in [0.25, 0.3) is 69.9 Å². The minimum Gasteiger partial charge on any atom is -0.310 e. The summed E-state index contributed by atoms with van der Waals surface area (Å²) in [4.78, 5) is 2.37. The lowest BCUT2D eigenvalue weighted by atomic mass is 9.99. The Hall–Kier alpha value is -6.42. The van der Waals surface area contributed by atoms with E-state index in [0.717, 1.165) is 22.7 Å². The van der Waals surface area contributed by atoms with Gasteiger partial charge in [-0.3, -0.25) is 0 Å². The van der Waals surface area contributed by atoms with Gasteiger partial charge in [-0.1, -0.05) is 127 Å². The Morgan fingerprint density at radius 1 is 0.373 bits per heavy atom. The molecule has 8 aromatic carbocycles. The monoisotopic (exact) mass is 668 g/mol. The molecule has 0 aliphatic carbocycles. The van der Waals surface area contributed by atoms with Gasteiger partial charge >= 0.3 is 0 Å². The lowest BCUT2D eigenvalue weighted by molar-refractivity contribution is 1.18. The standard InChI is InChI=1S/C48H32N2S/c1-4-14-33(15-5-1)39-21-12-23-43-47(39)41-31-30-38(32-44(41)50(43)36-18-8-3-9-19-36)49(35-16-6-2-7-17-35)37-28-26-34(27-29-37)40-22-13-25-46-48(40)42-20-10-11-24-45(42)51-46/h1-32H. The Morgan fingerprint density at radius 2 is 0.961 bits per heavy atom. The Balaban J connectivity index is 1.16. The van der Waals surface area contributed by atoms with E-state index in [-0.39, 0.29) is 0 Å². The molecule has 0 radical (unpaired) electrons. The van der Waals surface area contributed by atoms with E-state index < -0.39 is 0 Å². The van der Waals surface area contributed by atoms with Gasteiger partial charge in [-0.05, 0) is 89.0 Å². The van der Waals surface area contributed by atoms with E-state index in [0.29, 0.717) is 0 Å². The van der Waals surface area contributed by atoms with Crippen LogP contribution in [0.2, 0.25) is 0 Å². The minimum absolute atomic E-state index is 1.11. The van der Waals surface area contributed by atoms with Crippen molar-refractivity contribution in [3.05, 3.63) is 194 Å². The van der Waals surface area contributed by atoms with Gasteiger partial charge in [0, 0.05) is 53.7 Å². The van der Waals surface area contributed by atoms with Crippen molar-refractivity contribution in [3.8, 4) is 27.9 Å². The van der Waals surface area contributed by atoms with Crippen LogP contribution < -0.4 is 4.90 Å². The molecule has 10 rings (SSSR count). The van der Waals surface area contributed by atoms with Crippen LogP contribution in [-0.4, -0.2) is 4.57 Å². The third-order valence-electron chi connectivity index (χ3n) is 9.99. The van der Waals surface area contributed by atoms with E-state index in [1.807, 2.05) is 11.3 Å². The first-order valence-corrected chi connectivity index (χ1v) is 18.2. The number of thiophene rings is 1. The van der Waals surface area contributed by atoms with Gasteiger partial charge in [0.25, 0.3) is 0 Å². The van der Waals surface area contributed by atoms with Gasteiger partial charge in [0.15, 0.2) is 0 Å². The van der Waals surface area contributed by atoms with Gasteiger partial charge in [-0.2, -0.15) is 0 Å². The maximum atomic E-state index is 2.42. The summed E-state index contributed by atoms with van der Waals surface area (Å²) in [6, 6.07) is 70.3. The van der Waals surface area contributed by atoms with E-state index >= 15 is 0 Å². The first kappa shape index (κ1) is 29.5. The largest absolute Gasteiger partial charge is 0.310 e. The zero-order valence-corrected chi connectivity index (χ0v) is 28.6. The summed E-state index contributed by atoms with van der Waals surface area (Å²) >= 11 is 1.86. The van der Waals surface area contributed by atoms with Crippen LogP contribution in [0.4, 0.5) is 17.1 Å². The maximum Gasteiger partial charge on any atom is 0.0562 e. The lowest BCUT2D eigenvalue weighted by Gasteiger charge is -2.26. The molecule has 2 nitrogen and oxygen atoms in total. The highest BCUT2D eigenvalue weighted by atomic mass is 32.1. The van der Waals surface area contributed by atoms with E-state index in [1.165, 1.54) is 64.2 Å². The molecule has 0 saturated carbocycles. The summed E-state index contributed by atoms with van der Waals surface area (Å²) in [5.74, 6) is 0. The van der Waals surface area contributed by atoms with Crippen molar-refractivity contribution in [2.75, 3.05) is 4.90 Å². The third kappa shape index (κ3) is 4.93. The highest BCUT2D eigenvalue weighted by Gasteiger charge is 2.20. The molecule has 0 aliphatic rings. The molecule has 240 valence electrons. The molecule has 10 aromatic rings. The van der Waals surface area contributed by atoms with Crippen LogP contribution in [0, 0.1) is 0 Å². The number of benzene rings is 8. The van der Waals surface area contributed by atoms with Gasteiger partial charge in [0.1, 0.15) is 0 Å². The molecule has 0 atom stereocenters. The lowest BCUT2D eigenvalue weighted by Crippen LogP contribution is -2.10. The molecular weight excluding hydrogens is 637 g/mol. The van der Waals surface area contributed by atoms with Gasteiger partial charge in [0.2, 0.25) is 0 Å². The molecule has 0 aliphatic heterocycles. The molecule has 0 N–H and O–H groups in total. The molecule has 51 heavy (non-hydrogen) atoms. The molecule has 2 aromatic heterocycles. The fourth-order valence-corrected chi connectivity index (χ4v) is 8.87. The average molecular weight is 669 g/mol. The molecule has 0 fully saturated rings. The summed E-state index contributed by atoms with van der Waals surface area (Å²) < 4.78 is 5.06. The highest BCUT2D eigenvalue weighted by molar-refractivity contribution is 7.25. The van der Waals surface area contributed by atoms with Gasteiger partial charge < -0.3 is 9.47 Å². The van der Waals surface area contributed by atoms with Gasteiger partial charge in [-0.15, -0.1) is 11.3 Å². The molecule has 0 saturated heterocycles. The number of para-hydroxylation sites is 2. The van der Waals surface area contributed by atoms with Crippen molar-refractivity contribution in [2.45, 2.75) is 0 Å². The van der Waals surface area contributed by atoms with Crippen LogP contribution in [0.5, 0.6) is 0 Å². The number of hydrogen-bond donors (Lipinski definition) is 0. The molecule has 0 unspecified atom stereocenters. The smallest absolute Gasteiger partial charge is 0.0562 e. The Morgan fingerprint density at radius 3 is 1.75 bits per heavy atom. The predicted octanol–water partition coefficient (Wildman–Crippen LogP) is 14.0. The summed E-state index contributed by atoms with van der Waals surface area (Å²) in [5.41, 5.74) is 11.8. The van der Waals surface area contributed by atoms with Crippen molar-refractivity contribution in [2.24, 2.45) is 0 Å². The zero-order valence-electron chi connectivity index (χ0n) is 27.8. The number of anilines is 3. The fourth-order valence-electron chi connectivity index (χ4n) is 7.74. The third-order valence-corrected chi connectivity index (χ3v) is 11.1. The molecule has 0 spiro atoms. The normalized spacial score (nSPS) is 11.5. The van der Waals surface area contributed by atoms with E-state index in [4.69, 9.17) is 0 Å². The second-order valence-electron chi connectivity index (χ2n) is 12.9. The SMILES string of the molecule is c1ccc(-c2cccc3c2c2ccc(N(c4ccccc4)c4ccc(-c5cccc6sc7ccccc7c56)cc4)cc2n3-c2ccccc2)cc1. The van der Waals surface area contributed by atoms with Crippen LogP contribution in [0.1, 0.15) is 0 Å². The van der Waals surface area contributed by atoms with Crippen molar-refractivity contribution in [1.82, 2.24) is 4.57 Å². The van der Waals surface area contributed by atoms with E-state index in [2.05, 4.69) is 204 Å². The second kappa shape index (κ2) is 12.2. The minimum atomic E-state index is 1.11. The van der Waals surface area contributed by atoms with Crippen LogP contribution >= 0.6 is 11.3 Å². The maximum absolute atomic E-state index is 2.42. The van der Waals surface area contributed by atoms with Crippen molar-refractivity contribution < 1.29 is 0 Å². The number of fused-ring (bicyclic) bond motifs is 6. The number of hydrogen-bond acceptors (Lipinski definition) is 2. The van der Waals surface area contributed by atoms with Crippen LogP contribution in [0.3, 0.4) is 0 Å². The van der Waals surface area contributed by atoms with Gasteiger partial charge in [0.05, 0.1) is 11.0 Å². The average Bonchev–Trinajstić information content (AvgIpc) is 3.75. The topological polar surface area (TPSA) is 8.17 Å². The summed E-state index contributed by atoms with van der Waals surface area (Å²) in [6.07, 6.45) is 0. The quantitative estimate of drug-likeness (QED) is 0.171. The van der Waals surface area contributed by atoms with Crippen LogP contribution in [0.15, 0.2) is 194 Å². The van der Waals surface area contributed by atoms with Crippen molar-refractivity contribution in [1.29, 1.82) is 0 Å². The van der Waals surface area contributed by atoms with Crippen LogP contribution in [-0.2, 0) is 0 Å². The van der Waals surface area contributed by atoms with Gasteiger partial charge in [-0.25, -0.2) is 0 Å². The molecular formula is C48H32N2S. The van der Waals surface area contributed by atoms with Crippen molar-refractivity contribution in [3.63, 3.8) is 0 Å². The first-order chi connectivity index (χ1) is 25.3. The van der Waals surface area contributed by atoms with E-state index in [1.54, 1.807) is 0 Å². The molecule has 2 heterocycles. The Kier molecular flexibility index (Phi) is 7.04.